The number of hydrogen-bond donors (Lipinski definition) is 2. The fraction of sp³-hybridized carbons (Fsp3) is 0.176. The van der Waals surface area contributed by atoms with Gasteiger partial charge in [-0.1, -0.05) is 11.6 Å². The number of esters is 1. The van der Waals surface area contributed by atoms with Gasteiger partial charge in [-0.3, -0.25) is 0 Å². The maximum Gasteiger partial charge on any atom is 0.340 e. The van der Waals surface area contributed by atoms with Crippen LogP contribution < -0.4 is 20.1 Å². The number of methoxy groups -OCH3 is 3. The highest BCUT2D eigenvalue weighted by Gasteiger charge is 2.19. The van der Waals surface area contributed by atoms with Crippen molar-refractivity contribution in [2.75, 3.05) is 32.0 Å². The van der Waals surface area contributed by atoms with Gasteiger partial charge in [-0.05, 0) is 24.3 Å². The van der Waals surface area contributed by atoms with Crippen LogP contribution in [0.15, 0.2) is 36.4 Å². The molecule has 2 aromatic rings. The molecule has 0 fully saturated rings. The van der Waals surface area contributed by atoms with Gasteiger partial charge >= 0.3 is 12.0 Å². The van der Waals surface area contributed by atoms with Crippen LogP contribution in [0.1, 0.15) is 10.4 Å². The molecule has 0 bridgehead atoms. The second kappa shape index (κ2) is 8.25. The van der Waals surface area contributed by atoms with Crippen LogP contribution >= 0.6 is 11.6 Å². The molecule has 0 unspecified atom stereocenters. The van der Waals surface area contributed by atoms with E-state index in [1.165, 1.54) is 33.5 Å². The highest BCUT2D eigenvalue weighted by molar-refractivity contribution is 6.30. The summed E-state index contributed by atoms with van der Waals surface area (Å²) in [5.74, 6) is 0.0752. The Bertz CT molecular complexity index is 777. The van der Waals surface area contributed by atoms with Gasteiger partial charge in [-0.2, -0.15) is 0 Å². The second-order valence-corrected chi connectivity index (χ2v) is 5.27. The van der Waals surface area contributed by atoms with E-state index in [2.05, 4.69) is 10.6 Å². The third-order valence-electron chi connectivity index (χ3n) is 3.28. The van der Waals surface area contributed by atoms with Crippen LogP contribution in [0.25, 0.3) is 0 Å². The smallest absolute Gasteiger partial charge is 0.340 e. The Kier molecular flexibility index (Phi) is 6.08. The summed E-state index contributed by atoms with van der Waals surface area (Å²) < 4.78 is 15.1. The largest absolute Gasteiger partial charge is 0.493 e. The maximum absolute atomic E-state index is 12.2. The molecule has 0 aromatic heterocycles. The summed E-state index contributed by atoms with van der Waals surface area (Å²) in [7, 11) is 4.14. The van der Waals surface area contributed by atoms with Crippen molar-refractivity contribution in [1.29, 1.82) is 0 Å². The first kappa shape index (κ1) is 18.4. The van der Waals surface area contributed by atoms with Crippen molar-refractivity contribution in [3.8, 4) is 11.5 Å². The maximum atomic E-state index is 12.2. The Morgan fingerprint density at radius 3 is 2.08 bits per heavy atom. The number of rotatable bonds is 5. The highest BCUT2D eigenvalue weighted by Crippen LogP contribution is 2.33. The molecule has 0 aliphatic carbocycles. The zero-order chi connectivity index (χ0) is 18.4. The number of anilines is 2. The Hall–Kier alpha value is -2.93. The summed E-state index contributed by atoms with van der Waals surface area (Å²) in [4.78, 5) is 24.2. The molecule has 0 saturated carbocycles. The van der Waals surface area contributed by atoms with Crippen molar-refractivity contribution in [2.24, 2.45) is 0 Å². The van der Waals surface area contributed by atoms with E-state index >= 15 is 0 Å². The van der Waals surface area contributed by atoms with Crippen LogP contribution in [-0.2, 0) is 4.74 Å². The molecule has 0 saturated heterocycles. The van der Waals surface area contributed by atoms with Crippen LogP contribution in [0.4, 0.5) is 16.2 Å². The Balaban J connectivity index is 2.28. The summed E-state index contributed by atoms with van der Waals surface area (Å²) in [6, 6.07) is 8.96. The minimum Gasteiger partial charge on any atom is -0.493 e. The quantitative estimate of drug-likeness (QED) is 0.788. The number of carbonyl (C=O) groups excluding carboxylic acids is 2. The Morgan fingerprint density at radius 1 is 0.920 bits per heavy atom. The molecule has 0 radical (unpaired) electrons. The zero-order valence-electron chi connectivity index (χ0n) is 13.9. The number of amides is 2. The summed E-state index contributed by atoms with van der Waals surface area (Å²) in [6.45, 7) is 0. The van der Waals surface area contributed by atoms with E-state index in [0.717, 1.165) is 0 Å². The molecule has 2 rings (SSSR count). The summed E-state index contributed by atoms with van der Waals surface area (Å²) in [5.41, 5.74) is 0.893. The molecule has 2 amide bonds. The van der Waals surface area contributed by atoms with E-state index in [4.69, 9.17) is 25.8 Å². The van der Waals surface area contributed by atoms with Gasteiger partial charge in [0.15, 0.2) is 11.5 Å². The van der Waals surface area contributed by atoms with Crippen LogP contribution in [0.2, 0.25) is 5.02 Å². The molecule has 0 spiro atoms. The SMILES string of the molecule is COC(=O)c1cc(OC)c(OC)cc1NC(=O)Nc1ccc(Cl)cc1. The molecule has 7 nitrogen and oxygen atoms in total. The van der Waals surface area contributed by atoms with Gasteiger partial charge in [-0.15, -0.1) is 0 Å². The van der Waals surface area contributed by atoms with Gasteiger partial charge in [0.1, 0.15) is 0 Å². The van der Waals surface area contributed by atoms with Crippen molar-refractivity contribution in [1.82, 2.24) is 0 Å². The van der Waals surface area contributed by atoms with Gasteiger partial charge in [-0.25, -0.2) is 9.59 Å². The summed E-state index contributed by atoms with van der Waals surface area (Å²) >= 11 is 5.81. The van der Waals surface area contributed by atoms with E-state index < -0.39 is 12.0 Å². The minimum absolute atomic E-state index is 0.131. The average molecular weight is 365 g/mol. The Morgan fingerprint density at radius 2 is 1.52 bits per heavy atom. The number of hydrogen-bond acceptors (Lipinski definition) is 5. The fourth-order valence-corrected chi connectivity index (χ4v) is 2.21. The average Bonchev–Trinajstić information content (AvgIpc) is 2.62. The second-order valence-electron chi connectivity index (χ2n) is 4.83. The molecule has 8 heteroatoms. The topological polar surface area (TPSA) is 85.9 Å². The molecule has 2 aromatic carbocycles. The van der Waals surface area contributed by atoms with E-state index in [0.29, 0.717) is 22.2 Å². The van der Waals surface area contributed by atoms with Gasteiger partial charge in [0, 0.05) is 22.8 Å². The van der Waals surface area contributed by atoms with Gasteiger partial charge in [0.05, 0.1) is 32.6 Å². The first-order valence-electron chi connectivity index (χ1n) is 7.16. The third kappa shape index (κ3) is 4.54. The number of nitrogens with one attached hydrogen (secondary N) is 2. The third-order valence-corrected chi connectivity index (χ3v) is 3.53. The van der Waals surface area contributed by atoms with Gasteiger partial charge < -0.3 is 24.8 Å². The van der Waals surface area contributed by atoms with E-state index in [-0.39, 0.29) is 11.3 Å². The van der Waals surface area contributed by atoms with Crippen LogP contribution in [0, 0.1) is 0 Å². The van der Waals surface area contributed by atoms with E-state index in [1.807, 2.05) is 0 Å². The molecule has 0 atom stereocenters. The monoisotopic (exact) mass is 364 g/mol. The summed E-state index contributed by atoms with van der Waals surface area (Å²) in [6.07, 6.45) is 0. The van der Waals surface area contributed by atoms with Crippen LogP contribution in [0.5, 0.6) is 11.5 Å². The van der Waals surface area contributed by atoms with Crippen molar-refractivity contribution in [2.45, 2.75) is 0 Å². The lowest BCUT2D eigenvalue weighted by Crippen LogP contribution is -2.21. The molecule has 0 heterocycles. The predicted octanol–water partition coefficient (Wildman–Crippen LogP) is 3.79. The molecule has 2 N–H and O–H groups in total. The number of urea groups is 1. The summed E-state index contributed by atoms with van der Waals surface area (Å²) in [5, 5.41) is 5.78. The lowest BCUT2D eigenvalue weighted by atomic mass is 10.1. The number of carbonyl (C=O) groups is 2. The highest BCUT2D eigenvalue weighted by atomic mass is 35.5. The van der Waals surface area contributed by atoms with E-state index in [1.54, 1.807) is 24.3 Å². The number of halogens is 1. The molecule has 132 valence electrons. The molecular formula is C17H17ClN2O5. The minimum atomic E-state index is -0.622. The molecular weight excluding hydrogens is 348 g/mol. The number of benzene rings is 2. The lowest BCUT2D eigenvalue weighted by Gasteiger charge is -2.15. The van der Waals surface area contributed by atoms with Crippen molar-refractivity contribution in [3.63, 3.8) is 0 Å². The fourth-order valence-electron chi connectivity index (χ4n) is 2.08. The van der Waals surface area contributed by atoms with Gasteiger partial charge in [0.25, 0.3) is 0 Å². The van der Waals surface area contributed by atoms with Gasteiger partial charge in [0.2, 0.25) is 0 Å². The zero-order valence-corrected chi connectivity index (χ0v) is 14.6. The number of ether oxygens (including phenoxy) is 3. The normalized spacial score (nSPS) is 9.92. The Labute approximate surface area is 149 Å². The molecule has 0 aliphatic rings. The molecule has 25 heavy (non-hydrogen) atoms. The molecule has 0 aliphatic heterocycles. The standard InChI is InChI=1S/C17H17ClN2O5/c1-23-14-8-12(16(21)25-3)13(9-15(14)24-2)20-17(22)19-11-6-4-10(18)5-7-11/h4-9H,1-3H3,(H2,19,20,22). The van der Waals surface area contributed by atoms with Crippen LogP contribution in [0.3, 0.4) is 0 Å². The van der Waals surface area contributed by atoms with Crippen molar-refractivity contribution >= 4 is 35.0 Å². The first-order chi connectivity index (χ1) is 12.0. The van der Waals surface area contributed by atoms with Crippen molar-refractivity contribution < 1.29 is 23.8 Å². The van der Waals surface area contributed by atoms with Crippen molar-refractivity contribution in [3.05, 3.63) is 47.0 Å². The predicted molar refractivity (Wildman–Crippen MR) is 95.0 cm³/mol. The first-order valence-corrected chi connectivity index (χ1v) is 7.54. The van der Waals surface area contributed by atoms with E-state index in [9.17, 15) is 9.59 Å². The lowest BCUT2D eigenvalue weighted by molar-refractivity contribution is 0.0601. The van der Waals surface area contributed by atoms with Crippen LogP contribution in [-0.4, -0.2) is 33.3 Å².